The molecule has 2 nitrogen and oxygen atoms in total. The van der Waals surface area contributed by atoms with Crippen molar-refractivity contribution in [3.05, 3.63) is 10.1 Å². The Bertz CT molecular complexity index is 201. The summed E-state index contributed by atoms with van der Waals surface area (Å²) in [7, 11) is 1.74. The van der Waals surface area contributed by atoms with Crippen LogP contribution in [0.5, 0.6) is 0 Å². The summed E-state index contributed by atoms with van der Waals surface area (Å²) < 4.78 is 6.04. The third kappa shape index (κ3) is 3.71. The second kappa shape index (κ2) is 6.59. The van der Waals surface area contributed by atoms with Crippen LogP contribution >= 0.6 is 15.9 Å². The number of unbranched alkanes of at least 4 members (excludes halogenated alkanes) is 1. The molecule has 1 N–H and O–H groups in total. The van der Waals surface area contributed by atoms with Crippen LogP contribution in [0.15, 0.2) is 10.1 Å². The zero-order chi connectivity index (χ0) is 10.4. The quantitative estimate of drug-likeness (QED) is 0.773. The molecule has 14 heavy (non-hydrogen) atoms. The Labute approximate surface area is 94.5 Å². The molecule has 1 atom stereocenters. The number of aliphatic hydroxyl groups excluding tert-OH is 1. The van der Waals surface area contributed by atoms with E-state index >= 15 is 0 Å². The molecule has 1 aliphatic rings. The largest absolute Gasteiger partial charge is 0.388 e. The van der Waals surface area contributed by atoms with Crippen LogP contribution in [0.25, 0.3) is 0 Å². The maximum Gasteiger partial charge on any atom is 0.0854 e. The van der Waals surface area contributed by atoms with E-state index in [1.807, 2.05) is 0 Å². The van der Waals surface area contributed by atoms with Gasteiger partial charge in [-0.2, -0.15) is 0 Å². The van der Waals surface area contributed by atoms with E-state index in [2.05, 4.69) is 15.9 Å². The van der Waals surface area contributed by atoms with Gasteiger partial charge >= 0.3 is 0 Å². The Morgan fingerprint density at radius 1 is 1.50 bits per heavy atom. The van der Waals surface area contributed by atoms with Gasteiger partial charge in [-0.25, -0.2) is 0 Å². The molecular weight excluding hydrogens is 244 g/mol. The minimum atomic E-state index is -0.249. The summed E-state index contributed by atoms with van der Waals surface area (Å²) in [5.74, 6) is 0. The van der Waals surface area contributed by atoms with E-state index in [1.54, 1.807) is 7.11 Å². The first-order valence-corrected chi connectivity index (χ1v) is 6.09. The second-order valence-electron chi connectivity index (χ2n) is 3.81. The van der Waals surface area contributed by atoms with Crippen molar-refractivity contribution < 1.29 is 9.84 Å². The molecule has 0 aromatic heterocycles. The van der Waals surface area contributed by atoms with Gasteiger partial charge in [-0.3, -0.25) is 0 Å². The van der Waals surface area contributed by atoms with E-state index in [0.29, 0.717) is 0 Å². The van der Waals surface area contributed by atoms with Gasteiger partial charge in [0.25, 0.3) is 0 Å². The van der Waals surface area contributed by atoms with Crippen molar-refractivity contribution in [1.29, 1.82) is 0 Å². The molecule has 0 spiro atoms. The number of allylic oxidation sites excluding steroid dienone is 1. The summed E-state index contributed by atoms with van der Waals surface area (Å²) in [5.41, 5.74) is 1.40. The van der Waals surface area contributed by atoms with Gasteiger partial charge in [-0.15, -0.1) is 0 Å². The lowest BCUT2D eigenvalue weighted by Gasteiger charge is -2.21. The van der Waals surface area contributed by atoms with Gasteiger partial charge in [0.1, 0.15) is 0 Å². The fourth-order valence-electron chi connectivity index (χ4n) is 1.82. The molecule has 0 aromatic rings. The molecule has 0 radical (unpaired) electrons. The number of ether oxygens (including phenoxy) is 1. The maximum atomic E-state index is 9.62. The summed E-state index contributed by atoms with van der Waals surface area (Å²) in [6.07, 6.45) is 6.28. The molecular formula is C11H19BrO2. The van der Waals surface area contributed by atoms with Crippen molar-refractivity contribution in [2.45, 2.75) is 44.6 Å². The Kier molecular flexibility index (Phi) is 5.75. The van der Waals surface area contributed by atoms with E-state index < -0.39 is 0 Å². The molecule has 1 unspecified atom stereocenters. The maximum absolute atomic E-state index is 9.62. The molecule has 0 fully saturated rings. The highest BCUT2D eigenvalue weighted by molar-refractivity contribution is 9.11. The van der Waals surface area contributed by atoms with Crippen molar-refractivity contribution in [2.24, 2.45) is 0 Å². The van der Waals surface area contributed by atoms with E-state index in [1.165, 1.54) is 5.57 Å². The Hall–Kier alpha value is 0.140. The summed E-state index contributed by atoms with van der Waals surface area (Å²) >= 11 is 3.49. The molecule has 0 aromatic carbocycles. The van der Waals surface area contributed by atoms with Crippen LogP contribution in [0.2, 0.25) is 0 Å². The van der Waals surface area contributed by atoms with Crippen LogP contribution < -0.4 is 0 Å². The van der Waals surface area contributed by atoms with Crippen molar-refractivity contribution in [3.8, 4) is 0 Å². The number of hydrogen-bond acceptors (Lipinski definition) is 2. The first-order chi connectivity index (χ1) is 6.75. The van der Waals surface area contributed by atoms with Crippen molar-refractivity contribution in [3.63, 3.8) is 0 Å². The molecule has 1 rings (SSSR count). The lowest BCUT2D eigenvalue weighted by atomic mass is 9.94. The summed E-state index contributed by atoms with van der Waals surface area (Å²) in [6.45, 7) is 0.841. The topological polar surface area (TPSA) is 29.5 Å². The van der Waals surface area contributed by atoms with E-state index in [-0.39, 0.29) is 6.10 Å². The fraction of sp³-hybridized carbons (Fsp3) is 0.818. The number of halogens is 1. The van der Waals surface area contributed by atoms with Crippen LogP contribution in [0.4, 0.5) is 0 Å². The van der Waals surface area contributed by atoms with E-state index in [4.69, 9.17) is 4.74 Å². The van der Waals surface area contributed by atoms with Crippen molar-refractivity contribution >= 4 is 15.9 Å². The lowest BCUT2D eigenvalue weighted by molar-refractivity contribution is 0.190. The monoisotopic (exact) mass is 262 g/mol. The summed E-state index contributed by atoms with van der Waals surface area (Å²) in [6, 6.07) is 0. The van der Waals surface area contributed by atoms with Crippen molar-refractivity contribution in [1.82, 2.24) is 0 Å². The number of hydrogen-bond donors (Lipinski definition) is 1. The van der Waals surface area contributed by atoms with Crippen LogP contribution in [0.3, 0.4) is 0 Å². The molecule has 0 aliphatic heterocycles. The molecule has 0 heterocycles. The smallest absolute Gasteiger partial charge is 0.0854 e. The Morgan fingerprint density at radius 3 is 3.00 bits per heavy atom. The van der Waals surface area contributed by atoms with E-state index in [9.17, 15) is 5.11 Å². The predicted octanol–water partition coefficient (Wildman–Crippen LogP) is 3.00. The molecule has 3 heteroatoms. The van der Waals surface area contributed by atoms with Gasteiger partial charge in [-0.05, 0) is 38.5 Å². The predicted molar refractivity (Wildman–Crippen MR) is 61.5 cm³/mol. The fourth-order valence-corrected chi connectivity index (χ4v) is 2.45. The van der Waals surface area contributed by atoms with Crippen LogP contribution in [-0.4, -0.2) is 24.9 Å². The highest BCUT2D eigenvalue weighted by Crippen LogP contribution is 2.32. The normalized spacial score (nSPS) is 22.9. The second-order valence-corrected chi connectivity index (χ2v) is 4.66. The van der Waals surface area contributed by atoms with Gasteiger partial charge < -0.3 is 9.84 Å². The standard InChI is InChI=1S/C11H19BrO2/c1-14-8-3-2-5-9-6-4-7-10(13)11(9)12/h10,13H,2-8H2,1H3. The molecule has 0 saturated carbocycles. The summed E-state index contributed by atoms with van der Waals surface area (Å²) in [5, 5.41) is 9.62. The number of rotatable bonds is 5. The minimum Gasteiger partial charge on any atom is -0.388 e. The molecule has 0 amide bonds. The molecule has 1 aliphatic carbocycles. The zero-order valence-electron chi connectivity index (χ0n) is 8.76. The zero-order valence-corrected chi connectivity index (χ0v) is 10.3. The SMILES string of the molecule is COCCCCC1=C(Br)C(O)CCC1. The average Bonchev–Trinajstić information content (AvgIpc) is 2.19. The van der Waals surface area contributed by atoms with Gasteiger partial charge in [0.2, 0.25) is 0 Å². The van der Waals surface area contributed by atoms with Gasteiger partial charge in [-0.1, -0.05) is 21.5 Å². The number of aliphatic hydroxyl groups is 1. The minimum absolute atomic E-state index is 0.249. The van der Waals surface area contributed by atoms with Gasteiger partial charge in [0, 0.05) is 18.2 Å². The summed E-state index contributed by atoms with van der Waals surface area (Å²) in [4.78, 5) is 0. The number of methoxy groups -OCH3 is 1. The van der Waals surface area contributed by atoms with E-state index in [0.717, 1.165) is 49.6 Å². The van der Waals surface area contributed by atoms with Crippen LogP contribution in [0, 0.1) is 0 Å². The Balaban J connectivity index is 2.31. The average molecular weight is 263 g/mol. The first-order valence-electron chi connectivity index (χ1n) is 5.30. The van der Waals surface area contributed by atoms with Crippen LogP contribution in [0.1, 0.15) is 38.5 Å². The lowest BCUT2D eigenvalue weighted by Crippen LogP contribution is -2.13. The van der Waals surface area contributed by atoms with Crippen LogP contribution in [-0.2, 0) is 4.74 Å². The highest BCUT2D eigenvalue weighted by Gasteiger charge is 2.18. The Morgan fingerprint density at radius 2 is 2.29 bits per heavy atom. The van der Waals surface area contributed by atoms with Gasteiger partial charge in [0.05, 0.1) is 6.10 Å². The molecule has 0 bridgehead atoms. The third-order valence-electron chi connectivity index (χ3n) is 2.66. The highest BCUT2D eigenvalue weighted by atomic mass is 79.9. The first kappa shape index (κ1) is 12.2. The van der Waals surface area contributed by atoms with Crippen molar-refractivity contribution in [2.75, 3.05) is 13.7 Å². The van der Waals surface area contributed by atoms with Gasteiger partial charge in [0.15, 0.2) is 0 Å². The molecule has 82 valence electrons. The molecule has 0 saturated heterocycles. The third-order valence-corrected chi connectivity index (χ3v) is 3.75.